The first-order chi connectivity index (χ1) is 13.5. The quantitative estimate of drug-likeness (QED) is 0.241. The molecule has 0 amide bonds. The molecule has 0 saturated heterocycles. The van der Waals surface area contributed by atoms with E-state index in [4.69, 9.17) is 14.9 Å². The highest BCUT2D eigenvalue weighted by Crippen LogP contribution is 2.13. The van der Waals surface area contributed by atoms with Crippen molar-refractivity contribution in [2.75, 3.05) is 20.3 Å². The third-order valence-corrected chi connectivity index (χ3v) is 4.67. The van der Waals surface area contributed by atoms with Crippen LogP contribution in [0.25, 0.3) is 0 Å². The van der Waals surface area contributed by atoms with Gasteiger partial charge in [-0.2, -0.15) is 0 Å². The lowest BCUT2D eigenvalue weighted by Gasteiger charge is -2.14. The van der Waals surface area contributed by atoms with Crippen molar-refractivity contribution in [1.82, 2.24) is 0 Å². The summed E-state index contributed by atoms with van der Waals surface area (Å²) < 4.78 is 5.14. The monoisotopic (exact) mass is 406 g/mol. The fourth-order valence-corrected chi connectivity index (χ4v) is 2.59. The van der Waals surface area contributed by atoms with Gasteiger partial charge in [-0.05, 0) is 31.6 Å². The number of aliphatic hydroxyl groups is 3. The number of aliphatic hydroxyl groups excluding tert-OH is 3. The predicted molar refractivity (Wildman–Crippen MR) is 118 cm³/mol. The smallest absolute Gasteiger partial charge is 0.305 e. The van der Waals surface area contributed by atoms with Gasteiger partial charge in [0.25, 0.3) is 0 Å². The SMILES string of the molecule is CCCCC(CC)COC(=O)CCCO.CCCCCCCC(O)CC.CO. The third kappa shape index (κ3) is 27.6. The van der Waals surface area contributed by atoms with Crippen LogP contribution < -0.4 is 0 Å². The van der Waals surface area contributed by atoms with Crippen LogP contribution in [-0.2, 0) is 9.53 Å². The number of unbranched alkanes of at least 4 members (excludes halogenated alkanes) is 5. The maximum atomic E-state index is 11.2. The molecule has 0 heterocycles. The van der Waals surface area contributed by atoms with Crippen molar-refractivity contribution < 1.29 is 24.9 Å². The molecular weight excluding hydrogens is 356 g/mol. The van der Waals surface area contributed by atoms with E-state index in [-0.39, 0.29) is 18.7 Å². The molecule has 5 nitrogen and oxygen atoms in total. The van der Waals surface area contributed by atoms with E-state index in [9.17, 15) is 9.90 Å². The van der Waals surface area contributed by atoms with E-state index in [1.165, 1.54) is 44.9 Å². The van der Waals surface area contributed by atoms with Crippen LogP contribution in [0.3, 0.4) is 0 Å². The summed E-state index contributed by atoms with van der Waals surface area (Å²) >= 11 is 0. The van der Waals surface area contributed by atoms with Gasteiger partial charge >= 0.3 is 5.97 Å². The predicted octanol–water partition coefficient (Wildman–Crippen LogP) is 5.24. The van der Waals surface area contributed by atoms with Crippen LogP contribution in [0.2, 0.25) is 0 Å². The molecule has 0 aliphatic rings. The van der Waals surface area contributed by atoms with Gasteiger partial charge in [0.05, 0.1) is 12.7 Å². The molecule has 0 aliphatic carbocycles. The Hall–Kier alpha value is -0.650. The van der Waals surface area contributed by atoms with Crippen LogP contribution in [0.15, 0.2) is 0 Å². The highest BCUT2D eigenvalue weighted by Gasteiger charge is 2.09. The average Bonchev–Trinajstić information content (AvgIpc) is 2.73. The van der Waals surface area contributed by atoms with Gasteiger partial charge in [0.1, 0.15) is 0 Å². The first-order valence-electron chi connectivity index (χ1n) is 11.4. The largest absolute Gasteiger partial charge is 0.465 e. The van der Waals surface area contributed by atoms with Crippen LogP contribution in [-0.4, -0.2) is 47.7 Å². The van der Waals surface area contributed by atoms with Gasteiger partial charge in [-0.15, -0.1) is 0 Å². The van der Waals surface area contributed by atoms with E-state index < -0.39 is 0 Å². The molecular formula is C23H50O5. The van der Waals surface area contributed by atoms with Crippen LogP contribution in [0.5, 0.6) is 0 Å². The van der Waals surface area contributed by atoms with Gasteiger partial charge in [-0.1, -0.05) is 79.1 Å². The lowest BCUT2D eigenvalue weighted by atomic mass is 10.0. The molecule has 0 aliphatic heterocycles. The summed E-state index contributed by atoms with van der Waals surface area (Å²) in [5.74, 6) is 0.321. The first kappa shape index (κ1) is 32.0. The second kappa shape index (κ2) is 28.6. The zero-order chi connectivity index (χ0) is 22.0. The van der Waals surface area contributed by atoms with E-state index in [0.29, 0.717) is 25.4 Å². The molecule has 172 valence electrons. The lowest BCUT2D eigenvalue weighted by molar-refractivity contribution is -0.145. The highest BCUT2D eigenvalue weighted by atomic mass is 16.5. The van der Waals surface area contributed by atoms with Gasteiger partial charge in [0.15, 0.2) is 0 Å². The van der Waals surface area contributed by atoms with Crippen molar-refractivity contribution in [1.29, 1.82) is 0 Å². The highest BCUT2D eigenvalue weighted by molar-refractivity contribution is 5.69. The topological polar surface area (TPSA) is 87.0 Å². The Labute approximate surface area is 174 Å². The van der Waals surface area contributed by atoms with E-state index in [1.54, 1.807) is 0 Å². The van der Waals surface area contributed by atoms with E-state index >= 15 is 0 Å². The van der Waals surface area contributed by atoms with Gasteiger partial charge in [0.2, 0.25) is 0 Å². The molecule has 3 N–H and O–H groups in total. The van der Waals surface area contributed by atoms with Gasteiger partial charge in [-0.25, -0.2) is 0 Å². The van der Waals surface area contributed by atoms with E-state index in [0.717, 1.165) is 32.8 Å². The summed E-state index contributed by atoms with van der Waals surface area (Å²) in [7, 11) is 1.00. The van der Waals surface area contributed by atoms with Crippen molar-refractivity contribution in [3.8, 4) is 0 Å². The Kier molecular flexibility index (Phi) is 32.7. The van der Waals surface area contributed by atoms with Crippen LogP contribution in [0.4, 0.5) is 0 Å². The molecule has 0 spiro atoms. The molecule has 0 rings (SSSR count). The Morgan fingerprint density at radius 2 is 1.43 bits per heavy atom. The number of esters is 1. The van der Waals surface area contributed by atoms with Crippen molar-refractivity contribution in [2.45, 2.75) is 117 Å². The van der Waals surface area contributed by atoms with E-state index in [1.807, 2.05) is 6.92 Å². The van der Waals surface area contributed by atoms with Crippen molar-refractivity contribution in [2.24, 2.45) is 5.92 Å². The van der Waals surface area contributed by atoms with Crippen LogP contribution in [0, 0.1) is 5.92 Å². The number of rotatable bonds is 16. The molecule has 0 fully saturated rings. The fraction of sp³-hybridized carbons (Fsp3) is 0.957. The molecule has 5 heteroatoms. The third-order valence-electron chi connectivity index (χ3n) is 4.67. The zero-order valence-corrected chi connectivity index (χ0v) is 19.4. The van der Waals surface area contributed by atoms with Crippen LogP contribution in [0.1, 0.15) is 111 Å². The number of carbonyl (C=O) groups excluding carboxylic acids is 1. The number of hydrogen-bond donors (Lipinski definition) is 3. The van der Waals surface area contributed by atoms with E-state index in [2.05, 4.69) is 20.8 Å². The maximum absolute atomic E-state index is 11.2. The maximum Gasteiger partial charge on any atom is 0.305 e. The molecule has 2 atom stereocenters. The summed E-state index contributed by atoms with van der Waals surface area (Å²) in [5, 5.41) is 24.8. The van der Waals surface area contributed by atoms with Crippen molar-refractivity contribution in [3.05, 3.63) is 0 Å². The zero-order valence-electron chi connectivity index (χ0n) is 19.4. The Morgan fingerprint density at radius 1 is 0.821 bits per heavy atom. The molecule has 0 aromatic carbocycles. The Bertz CT molecular complexity index is 284. The van der Waals surface area contributed by atoms with Gasteiger partial charge in [-0.3, -0.25) is 4.79 Å². The normalized spacial score (nSPS) is 12.1. The summed E-state index contributed by atoms with van der Waals surface area (Å²) in [6.45, 7) is 9.16. The summed E-state index contributed by atoms with van der Waals surface area (Å²) in [4.78, 5) is 11.2. The minimum absolute atomic E-state index is 0.0448. The number of ether oxygens (including phenoxy) is 1. The molecule has 0 radical (unpaired) electrons. The molecule has 0 bridgehead atoms. The van der Waals surface area contributed by atoms with Crippen molar-refractivity contribution in [3.63, 3.8) is 0 Å². The second-order valence-electron chi connectivity index (χ2n) is 7.19. The molecule has 0 saturated carbocycles. The molecule has 2 unspecified atom stereocenters. The number of hydrogen-bond acceptors (Lipinski definition) is 5. The standard InChI is InChI=1S/C12H24O3.C10H22O.CH4O/c1-3-5-7-11(4-2)10-15-12(14)8-6-9-13;1-3-5-6-7-8-9-10(11)4-2;1-2/h11,13H,3-10H2,1-2H3;10-11H,3-9H2,1-2H3;2H,1H3. The molecule has 28 heavy (non-hydrogen) atoms. The lowest BCUT2D eigenvalue weighted by Crippen LogP contribution is -2.14. The average molecular weight is 407 g/mol. The van der Waals surface area contributed by atoms with Gasteiger partial charge < -0.3 is 20.1 Å². The minimum Gasteiger partial charge on any atom is -0.465 e. The number of carbonyl (C=O) groups is 1. The van der Waals surface area contributed by atoms with Gasteiger partial charge in [0, 0.05) is 20.1 Å². The molecule has 0 aromatic heterocycles. The fourth-order valence-electron chi connectivity index (χ4n) is 2.59. The molecule has 0 aromatic rings. The Balaban J connectivity index is -0.000000426. The first-order valence-corrected chi connectivity index (χ1v) is 11.4. The van der Waals surface area contributed by atoms with Crippen LogP contribution >= 0.6 is 0 Å². The minimum atomic E-state index is -0.181. The summed E-state index contributed by atoms with van der Waals surface area (Å²) in [5.41, 5.74) is 0. The summed E-state index contributed by atoms with van der Waals surface area (Å²) in [6, 6.07) is 0. The van der Waals surface area contributed by atoms with Crippen molar-refractivity contribution >= 4 is 5.97 Å². The Morgan fingerprint density at radius 3 is 1.93 bits per heavy atom. The summed E-state index contributed by atoms with van der Waals surface area (Å²) in [6.07, 6.45) is 13.8. The second-order valence-corrected chi connectivity index (χ2v) is 7.19.